The molecule has 7 nitrogen and oxygen atoms in total. The zero-order chi connectivity index (χ0) is 17.6. The lowest BCUT2D eigenvalue weighted by Gasteiger charge is -2.10. The van der Waals surface area contributed by atoms with Crippen molar-refractivity contribution in [3.63, 3.8) is 0 Å². The fourth-order valence-corrected chi connectivity index (χ4v) is 3.22. The zero-order valence-electron chi connectivity index (χ0n) is 14.8. The standard InChI is InChI=1S/C18H21N7/c1-5-19-18-21-9-13-12(8-20-16(13)24-18)14-6-7-15-17(23-14)25(10(2)3)11(4)22-15/h6-10H,5H2,1-4H3,(H2,19,20,21,24). The Morgan fingerprint density at radius 1 is 1.20 bits per heavy atom. The highest BCUT2D eigenvalue weighted by Gasteiger charge is 2.15. The van der Waals surface area contributed by atoms with Gasteiger partial charge in [-0.05, 0) is 39.8 Å². The topological polar surface area (TPSA) is 84.3 Å². The van der Waals surface area contributed by atoms with Crippen LogP contribution in [0.3, 0.4) is 0 Å². The van der Waals surface area contributed by atoms with Crippen molar-refractivity contribution in [1.29, 1.82) is 0 Å². The summed E-state index contributed by atoms with van der Waals surface area (Å²) in [5, 5.41) is 4.09. The molecular formula is C18H21N7. The molecule has 4 aromatic heterocycles. The summed E-state index contributed by atoms with van der Waals surface area (Å²) >= 11 is 0. The van der Waals surface area contributed by atoms with Crippen molar-refractivity contribution >= 4 is 28.1 Å². The number of pyridine rings is 1. The molecule has 4 heterocycles. The molecule has 0 unspecified atom stereocenters. The van der Waals surface area contributed by atoms with Gasteiger partial charge in [-0.3, -0.25) is 0 Å². The van der Waals surface area contributed by atoms with Gasteiger partial charge in [-0.15, -0.1) is 0 Å². The lowest BCUT2D eigenvalue weighted by atomic mass is 10.1. The van der Waals surface area contributed by atoms with Gasteiger partial charge >= 0.3 is 0 Å². The highest BCUT2D eigenvalue weighted by atomic mass is 15.1. The molecule has 0 amide bonds. The SMILES string of the molecule is CCNc1ncc2c(-c3ccc4nc(C)n(C(C)C)c4n3)c[nH]c2n1. The van der Waals surface area contributed by atoms with Crippen molar-refractivity contribution < 1.29 is 0 Å². The molecule has 0 saturated carbocycles. The summed E-state index contributed by atoms with van der Waals surface area (Å²) in [6.07, 6.45) is 3.77. The monoisotopic (exact) mass is 335 g/mol. The van der Waals surface area contributed by atoms with E-state index in [1.807, 2.05) is 38.4 Å². The van der Waals surface area contributed by atoms with Crippen molar-refractivity contribution in [2.24, 2.45) is 0 Å². The van der Waals surface area contributed by atoms with E-state index in [1.54, 1.807) is 0 Å². The van der Waals surface area contributed by atoms with Crippen LogP contribution in [0, 0.1) is 6.92 Å². The maximum Gasteiger partial charge on any atom is 0.224 e. The third-order valence-electron chi connectivity index (χ3n) is 4.27. The lowest BCUT2D eigenvalue weighted by Crippen LogP contribution is -2.04. The second-order valence-electron chi connectivity index (χ2n) is 6.35. The molecule has 0 saturated heterocycles. The minimum absolute atomic E-state index is 0.307. The maximum absolute atomic E-state index is 4.88. The normalized spacial score (nSPS) is 11.7. The predicted molar refractivity (Wildman–Crippen MR) is 99.7 cm³/mol. The fourth-order valence-electron chi connectivity index (χ4n) is 3.22. The van der Waals surface area contributed by atoms with Crippen LogP contribution in [0.5, 0.6) is 0 Å². The molecule has 0 aromatic carbocycles. The Kier molecular flexibility index (Phi) is 3.63. The van der Waals surface area contributed by atoms with E-state index in [2.05, 4.69) is 43.7 Å². The van der Waals surface area contributed by atoms with Crippen LogP contribution in [0.15, 0.2) is 24.5 Å². The molecule has 2 N–H and O–H groups in total. The Balaban J connectivity index is 1.87. The third-order valence-corrected chi connectivity index (χ3v) is 4.27. The fraction of sp³-hybridized carbons (Fsp3) is 0.333. The lowest BCUT2D eigenvalue weighted by molar-refractivity contribution is 0.595. The van der Waals surface area contributed by atoms with Crippen LogP contribution >= 0.6 is 0 Å². The number of aromatic amines is 1. The highest BCUT2D eigenvalue weighted by Crippen LogP contribution is 2.29. The number of anilines is 1. The maximum atomic E-state index is 4.88. The molecule has 4 rings (SSSR count). The number of aryl methyl sites for hydroxylation is 1. The number of hydrogen-bond acceptors (Lipinski definition) is 5. The molecule has 0 spiro atoms. The quantitative estimate of drug-likeness (QED) is 0.594. The number of aromatic nitrogens is 6. The first-order valence-corrected chi connectivity index (χ1v) is 8.52. The van der Waals surface area contributed by atoms with E-state index in [9.17, 15) is 0 Å². The van der Waals surface area contributed by atoms with Gasteiger partial charge in [-0.2, -0.15) is 4.98 Å². The van der Waals surface area contributed by atoms with Crippen LogP contribution in [-0.2, 0) is 0 Å². The molecule has 128 valence electrons. The van der Waals surface area contributed by atoms with E-state index in [0.29, 0.717) is 12.0 Å². The van der Waals surface area contributed by atoms with Gasteiger partial charge in [0.05, 0.1) is 5.69 Å². The van der Waals surface area contributed by atoms with Gasteiger partial charge in [0, 0.05) is 35.9 Å². The summed E-state index contributed by atoms with van der Waals surface area (Å²) in [5.74, 6) is 1.60. The molecule has 0 aliphatic rings. The molecule has 7 heteroatoms. The third kappa shape index (κ3) is 2.52. The minimum Gasteiger partial charge on any atom is -0.354 e. The van der Waals surface area contributed by atoms with Crippen molar-refractivity contribution in [2.75, 3.05) is 11.9 Å². The number of fused-ring (bicyclic) bond motifs is 2. The van der Waals surface area contributed by atoms with Gasteiger partial charge < -0.3 is 14.9 Å². The number of rotatable bonds is 4. The zero-order valence-corrected chi connectivity index (χ0v) is 14.8. The molecule has 0 fully saturated rings. The van der Waals surface area contributed by atoms with Crippen LogP contribution in [0.25, 0.3) is 33.5 Å². The van der Waals surface area contributed by atoms with E-state index in [1.165, 1.54) is 0 Å². The summed E-state index contributed by atoms with van der Waals surface area (Å²) in [6.45, 7) is 9.11. The van der Waals surface area contributed by atoms with Gasteiger partial charge in [-0.25, -0.2) is 15.0 Å². The Hall–Kier alpha value is -2.96. The summed E-state index contributed by atoms with van der Waals surface area (Å²) in [5.41, 5.74) is 4.51. The van der Waals surface area contributed by atoms with Crippen LogP contribution in [0.2, 0.25) is 0 Å². The van der Waals surface area contributed by atoms with E-state index < -0.39 is 0 Å². The van der Waals surface area contributed by atoms with E-state index in [0.717, 1.165) is 45.8 Å². The first kappa shape index (κ1) is 15.6. The smallest absolute Gasteiger partial charge is 0.224 e. The molecule has 0 aliphatic carbocycles. The van der Waals surface area contributed by atoms with Crippen molar-refractivity contribution in [3.8, 4) is 11.3 Å². The number of H-pyrrole nitrogens is 1. The van der Waals surface area contributed by atoms with Crippen molar-refractivity contribution in [1.82, 2.24) is 29.5 Å². The first-order chi connectivity index (χ1) is 12.1. The minimum atomic E-state index is 0.307. The summed E-state index contributed by atoms with van der Waals surface area (Å²) in [7, 11) is 0. The van der Waals surface area contributed by atoms with Crippen molar-refractivity contribution in [3.05, 3.63) is 30.4 Å². The van der Waals surface area contributed by atoms with Crippen LogP contribution in [-0.4, -0.2) is 36.0 Å². The second-order valence-corrected chi connectivity index (χ2v) is 6.35. The average Bonchev–Trinajstić information content (AvgIpc) is 3.13. The molecule has 0 aliphatic heterocycles. The Bertz CT molecular complexity index is 1060. The Morgan fingerprint density at radius 3 is 2.80 bits per heavy atom. The van der Waals surface area contributed by atoms with Crippen molar-refractivity contribution in [2.45, 2.75) is 33.7 Å². The molecule has 0 bridgehead atoms. The first-order valence-electron chi connectivity index (χ1n) is 8.52. The average molecular weight is 335 g/mol. The highest BCUT2D eigenvalue weighted by molar-refractivity contribution is 5.93. The number of nitrogens with zero attached hydrogens (tertiary/aromatic N) is 5. The van der Waals surface area contributed by atoms with Crippen LogP contribution in [0.4, 0.5) is 5.95 Å². The number of nitrogens with one attached hydrogen (secondary N) is 2. The van der Waals surface area contributed by atoms with Gasteiger partial charge in [0.15, 0.2) is 5.65 Å². The summed E-state index contributed by atoms with van der Waals surface area (Å²) in [4.78, 5) is 21.6. The molecule has 0 radical (unpaired) electrons. The van der Waals surface area contributed by atoms with Gasteiger partial charge in [0.1, 0.15) is 17.0 Å². The molecule has 0 atom stereocenters. The number of hydrogen-bond donors (Lipinski definition) is 2. The molecule has 25 heavy (non-hydrogen) atoms. The molecule has 4 aromatic rings. The van der Waals surface area contributed by atoms with E-state index >= 15 is 0 Å². The van der Waals surface area contributed by atoms with E-state index in [4.69, 9.17) is 4.98 Å². The van der Waals surface area contributed by atoms with Crippen LogP contribution < -0.4 is 5.32 Å². The molecular weight excluding hydrogens is 314 g/mol. The predicted octanol–water partition coefficient (Wildman–Crippen LogP) is 3.69. The van der Waals surface area contributed by atoms with Gasteiger partial charge in [0.2, 0.25) is 5.95 Å². The van der Waals surface area contributed by atoms with Gasteiger partial charge in [0.25, 0.3) is 0 Å². The summed E-state index contributed by atoms with van der Waals surface area (Å²) in [6, 6.07) is 4.33. The van der Waals surface area contributed by atoms with E-state index in [-0.39, 0.29) is 0 Å². The largest absolute Gasteiger partial charge is 0.354 e. The summed E-state index contributed by atoms with van der Waals surface area (Å²) < 4.78 is 2.16. The Morgan fingerprint density at radius 2 is 2.04 bits per heavy atom. The van der Waals surface area contributed by atoms with Gasteiger partial charge in [-0.1, -0.05) is 0 Å². The van der Waals surface area contributed by atoms with Crippen LogP contribution in [0.1, 0.15) is 32.6 Å². The second kappa shape index (κ2) is 5.84. The number of imidazole rings is 1. The Labute approximate surface area is 145 Å².